The van der Waals surface area contributed by atoms with Gasteiger partial charge in [0, 0.05) is 6.54 Å². The maximum atomic E-state index is 11.5. The molecule has 0 aliphatic heterocycles. The number of nitrogens with zero attached hydrogens (tertiary/aromatic N) is 2. The number of benzene rings is 1. The Labute approximate surface area is 104 Å². The summed E-state index contributed by atoms with van der Waals surface area (Å²) in [6, 6.07) is 7.33. The lowest BCUT2D eigenvalue weighted by Crippen LogP contribution is -2.16. The van der Waals surface area contributed by atoms with E-state index in [0.717, 1.165) is 11.4 Å². The van der Waals surface area contributed by atoms with Gasteiger partial charge in [-0.1, -0.05) is 18.2 Å². The number of carbonyl (C=O) groups is 1. The topological polar surface area (TPSA) is 79.9 Å². The molecule has 1 aromatic carbocycles. The standard InChI is InChI=1S/C12H14N4O2/c1-18-12(17)10-5-3-2-4-9(10)6-13-7-11-14-8-15-16-11/h2-5,8,13H,6-7H2,1H3,(H,14,15,16). The summed E-state index contributed by atoms with van der Waals surface area (Å²) in [5.41, 5.74) is 1.47. The third-order valence-corrected chi connectivity index (χ3v) is 2.50. The van der Waals surface area contributed by atoms with Crippen LogP contribution in [-0.4, -0.2) is 28.3 Å². The van der Waals surface area contributed by atoms with E-state index in [-0.39, 0.29) is 5.97 Å². The highest BCUT2D eigenvalue weighted by Crippen LogP contribution is 2.09. The first kappa shape index (κ1) is 12.3. The maximum Gasteiger partial charge on any atom is 0.338 e. The largest absolute Gasteiger partial charge is 0.465 e. The highest BCUT2D eigenvalue weighted by molar-refractivity contribution is 5.90. The van der Waals surface area contributed by atoms with Crippen LogP contribution in [0.2, 0.25) is 0 Å². The minimum absolute atomic E-state index is 0.327. The molecule has 1 heterocycles. The van der Waals surface area contributed by atoms with E-state index < -0.39 is 0 Å². The number of hydrogen-bond acceptors (Lipinski definition) is 5. The number of aromatic amines is 1. The Morgan fingerprint density at radius 2 is 2.22 bits per heavy atom. The summed E-state index contributed by atoms with van der Waals surface area (Å²) in [5.74, 6) is 0.428. The zero-order valence-corrected chi connectivity index (χ0v) is 10.0. The average Bonchev–Trinajstić information content (AvgIpc) is 2.92. The second kappa shape index (κ2) is 5.92. The maximum absolute atomic E-state index is 11.5. The summed E-state index contributed by atoms with van der Waals surface area (Å²) in [6.07, 6.45) is 1.46. The minimum Gasteiger partial charge on any atom is -0.465 e. The summed E-state index contributed by atoms with van der Waals surface area (Å²) in [5, 5.41) is 9.70. The number of esters is 1. The average molecular weight is 246 g/mol. The van der Waals surface area contributed by atoms with E-state index in [1.54, 1.807) is 6.07 Å². The Bertz CT molecular complexity index is 511. The highest BCUT2D eigenvalue weighted by atomic mass is 16.5. The molecular formula is C12H14N4O2. The van der Waals surface area contributed by atoms with Crippen molar-refractivity contribution in [1.29, 1.82) is 0 Å². The summed E-state index contributed by atoms with van der Waals surface area (Å²) in [4.78, 5) is 15.5. The molecule has 2 aromatic rings. The van der Waals surface area contributed by atoms with Gasteiger partial charge in [-0.05, 0) is 11.6 Å². The number of nitrogens with one attached hydrogen (secondary N) is 2. The lowest BCUT2D eigenvalue weighted by molar-refractivity contribution is 0.0599. The van der Waals surface area contributed by atoms with Gasteiger partial charge in [0.05, 0.1) is 19.2 Å². The van der Waals surface area contributed by atoms with Crippen molar-refractivity contribution < 1.29 is 9.53 Å². The molecule has 18 heavy (non-hydrogen) atoms. The fraction of sp³-hybridized carbons (Fsp3) is 0.250. The molecule has 0 aliphatic carbocycles. The highest BCUT2D eigenvalue weighted by Gasteiger charge is 2.10. The smallest absolute Gasteiger partial charge is 0.338 e. The molecule has 0 amide bonds. The van der Waals surface area contributed by atoms with Crippen LogP contribution in [0.15, 0.2) is 30.6 Å². The van der Waals surface area contributed by atoms with E-state index in [2.05, 4.69) is 20.5 Å². The van der Waals surface area contributed by atoms with Crippen LogP contribution < -0.4 is 5.32 Å². The van der Waals surface area contributed by atoms with E-state index in [4.69, 9.17) is 4.74 Å². The predicted molar refractivity (Wildman–Crippen MR) is 64.7 cm³/mol. The minimum atomic E-state index is -0.327. The molecular weight excluding hydrogens is 232 g/mol. The zero-order chi connectivity index (χ0) is 12.8. The van der Waals surface area contributed by atoms with Gasteiger partial charge < -0.3 is 10.1 Å². The van der Waals surface area contributed by atoms with E-state index in [9.17, 15) is 4.79 Å². The molecule has 0 saturated heterocycles. The SMILES string of the molecule is COC(=O)c1ccccc1CNCc1ncn[nH]1. The lowest BCUT2D eigenvalue weighted by atomic mass is 10.1. The van der Waals surface area contributed by atoms with Crippen LogP contribution in [0.1, 0.15) is 21.7 Å². The van der Waals surface area contributed by atoms with Crippen LogP contribution in [0, 0.1) is 0 Å². The number of methoxy groups -OCH3 is 1. The van der Waals surface area contributed by atoms with Crippen molar-refractivity contribution in [1.82, 2.24) is 20.5 Å². The first-order chi connectivity index (χ1) is 8.81. The number of H-pyrrole nitrogens is 1. The second-order valence-electron chi connectivity index (χ2n) is 3.68. The van der Waals surface area contributed by atoms with Crippen molar-refractivity contribution >= 4 is 5.97 Å². The van der Waals surface area contributed by atoms with Crippen molar-refractivity contribution in [2.75, 3.05) is 7.11 Å². The Balaban J connectivity index is 1.98. The van der Waals surface area contributed by atoms with Crippen molar-refractivity contribution in [2.45, 2.75) is 13.1 Å². The first-order valence-corrected chi connectivity index (χ1v) is 5.52. The van der Waals surface area contributed by atoms with Crippen LogP contribution in [0.5, 0.6) is 0 Å². The summed E-state index contributed by atoms with van der Waals surface area (Å²) in [6.45, 7) is 1.13. The Kier molecular flexibility index (Phi) is 4.03. The van der Waals surface area contributed by atoms with Gasteiger partial charge in [-0.25, -0.2) is 9.78 Å². The van der Waals surface area contributed by atoms with E-state index in [1.165, 1.54) is 13.4 Å². The molecule has 0 saturated carbocycles. The normalized spacial score (nSPS) is 10.3. The van der Waals surface area contributed by atoms with Crippen LogP contribution in [0.25, 0.3) is 0 Å². The molecule has 0 aliphatic rings. The zero-order valence-electron chi connectivity index (χ0n) is 10.0. The number of ether oxygens (including phenoxy) is 1. The molecule has 2 rings (SSSR count). The van der Waals surface area contributed by atoms with Crippen molar-refractivity contribution in [2.24, 2.45) is 0 Å². The summed E-state index contributed by atoms with van der Waals surface area (Å²) < 4.78 is 4.73. The fourth-order valence-electron chi connectivity index (χ4n) is 1.62. The van der Waals surface area contributed by atoms with E-state index >= 15 is 0 Å². The second-order valence-corrected chi connectivity index (χ2v) is 3.68. The van der Waals surface area contributed by atoms with Gasteiger partial charge in [-0.2, -0.15) is 5.10 Å². The Morgan fingerprint density at radius 3 is 2.94 bits per heavy atom. The van der Waals surface area contributed by atoms with Crippen LogP contribution >= 0.6 is 0 Å². The van der Waals surface area contributed by atoms with Gasteiger partial charge in [-0.3, -0.25) is 5.10 Å². The van der Waals surface area contributed by atoms with Crippen LogP contribution in [-0.2, 0) is 17.8 Å². The molecule has 0 bridgehead atoms. The van der Waals surface area contributed by atoms with Gasteiger partial charge >= 0.3 is 5.97 Å². The summed E-state index contributed by atoms with van der Waals surface area (Å²) >= 11 is 0. The Hall–Kier alpha value is -2.21. The molecule has 6 heteroatoms. The number of aromatic nitrogens is 3. The molecule has 0 atom stereocenters. The van der Waals surface area contributed by atoms with Gasteiger partial charge in [0.2, 0.25) is 0 Å². The van der Waals surface area contributed by atoms with E-state index in [0.29, 0.717) is 18.7 Å². The molecule has 2 N–H and O–H groups in total. The van der Waals surface area contributed by atoms with Crippen molar-refractivity contribution in [3.05, 3.63) is 47.5 Å². The van der Waals surface area contributed by atoms with Crippen molar-refractivity contribution in [3.63, 3.8) is 0 Å². The van der Waals surface area contributed by atoms with Gasteiger partial charge in [0.1, 0.15) is 12.2 Å². The van der Waals surface area contributed by atoms with Gasteiger partial charge in [-0.15, -0.1) is 0 Å². The molecule has 0 radical (unpaired) electrons. The lowest BCUT2D eigenvalue weighted by Gasteiger charge is -2.08. The Morgan fingerprint density at radius 1 is 1.39 bits per heavy atom. The van der Waals surface area contributed by atoms with Gasteiger partial charge in [0.15, 0.2) is 0 Å². The molecule has 0 unspecified atom stereocenters. The van der Waals surface area contributed by atoms with Crippen molar-refractivity contribution in [3.8, 4) is 0 Å². The van der Waals surface area contributed by atoms with Crippen LogP contribution in [0.4, 0.5) is 0 Å². The number of hydrogen-bond donors (Lipinski definition) is 2. The molecule has 1 aromatic heterocycles. The number of carbonyl (C=O) groups excluding carboxylic acids is 1. The molecule has 94 valence electrons. The monoisotopic (exact) mass is 246 g/mol. The first-order valence-electron chi connectivity index (χ1n) is 5.52. The summed E-state index contributed by atoms with van der Waals surface area (Å²) in [7, 11) is 1.38. The van der Waals surface area contributed by atoms with Crippen LogP contribution in [0.3, 0.4) is 0 Å². The van der Waals surface area contributed by atoms with Gasteiger partial charge in [0.25, 0.3) is 0 Å². The fourth-order valence-corrected chi connectivity index (χ4v) is 1.62. The third-order valence-electron chi connectivity index (χ3n) is 2.50. The van der Waals surface area contributed by atoms with E-state index in [1.807, 2.05) is 18.2 Å². The quantitative estimate of drug-likeness (QED) is 0.765. The predicted octanol–water partition coefficient (Wildman–Crippen LogP) is 0.881. The molecule has 6 nitrogen and oxygen atoms in total. The number of rotatable bonds is 5. The molecule has 0 fully saturated rings. The molecule has 0 spiro atoms. The third kappa shape index (κ3) is 2.92.